The van der Waals surface area contributed by atoms with E-state index in [0.29, 0.717) is 22.1 Å². The molecular formula is C28H40N2O3S. The summed E-state index contributed by atoms with van der Waals surface area (Å²) < 4.78 is 35.0. The van der Waals surface area contributed by atoms with Crippen LogP contribution >= 0.6 is 0 Å². The summed E-state index contributed by atoms with van der Waals surface area (Å²) in [5.41, 5.74) is 1.59. The molecule has 3 rings (SSSR count). The monoisotopic (exact) mass is 484 g/mol. The SMILES string of the molecule is CCCCN(CCCC)CCCOc1ccc(S(=O)(=O)c2c(CCC)cn3ccccc23)cc1. The Morgan fingerprint density at radius 3 is 2.18 bits per heavy atom. The van der Waals surface area contributed by atoms with E-state index in [9.17, 15) is 8.42 Å². The van der Waals surface area contributed by atoms with E-state index in [1.54, 1.807) is 24.3 Å². The Morgan fingerprint density at radius 2 is 1.53 bits per heavy atom. The minimum Gasteiger partial charge on any atom is -0.494 e. The molecule has 0 radical (unpaired) electrons. The zero-order valence-corrected chi connectivity index (χ0v) is 21.8. The highest BCUT2D eigenvalue weighted by atomic mass is 32.2. The Bertz CT molecular complexity index is 1110. The molecule has 1 aromatic carbocycles. The van der Waals surface area contributed by atoms with Gasteiger partial charge in [0, 0.05) is 18.9 Å². The Kier molecular flexibility index (Phi) is 10.0. The van der Waals surface area contributed by atoms with Crippen LogP contribution in [0.15, 0.2) is 64.6 Å². The molecule has 0 unspecified atom stereocenters. The number of unbranched alkanes of at least 4 members (excludes halogenated alkanes) is 2. The van der Waals surface area contributed by atoms with Gasteiger partial charge in [0.2, 0.25) is 9.84 Å². The Morgan fingerprint density at radius 1 is 0.853 bits per heavy atom. The quantitative estimate of drug-likeness (QED) is 0.234. The topological polar surface area (TPSA) is 51.0 Å². The minimum atomic E-state index is -3.63. The van der Waals surface area contributed by atoms with Crippen LogP contribution in [0, 0.1) is 0 Å². The number of hydrogen-bond donors (Lipinski definition) is 0. The molecular weight excluding hydrogens is 444 g/mol. The van der Waals surface area contributed by atoms with Crippen molar-refractivity contribution < 1.29 is 13.2 Å². The number of hydrogen-bond acceptors (Lipinski definition) is 4. The number of nitrogens with zero attached hydrogens (tertiary/aromatic N) is 2. The number of aryl methyl sites for hydroxylation is 1. The van der Waals surface area contributed by atoms with Gasteiger partial charge in [-0.1, -0.05) is 46.1 Å². The molecule has 34 heavy (non-hydrogen) atoms. The van der Waals surface area contributed by atoms with Crippen LogP contribution in [0.25, 0.3) is 5.52 Å². The summed E-state index contributed by atoms with van der Waals surface area (Å²) in [7, 11) is -3.63. The van der Waals surface area contributed by atoms with Crippen molar-refractivity contribution in [1.29, 1.82) is 0 Å². The van der Waals surface area contributed by atoms with E-state index in [0.717, 1.165) is 50.0 Å². The lowest BCUT2D eigenvalue weighted by Crippen LogP contribution is -2.28. The first-order valence-electron chi connectivity index (χ1n) is 12.8. The van der Waals surface area contributed by atoms with Gasteiger partial charge in [-0.25, -0.2) is 8.42 Å². The van der Waals surface area contributed by atoms with Crippen LogP contribution in [0.2, 0.25) is 0 Å². The van der Waals surface area contributed by atoms with E-state index in [2.05, 4.69) is 25.7 Å². The van der Waals surface area contributed by atoms with Crippen molar-refractivity contribution in [3.63, 3.8) is 0 Å². The first kappa shape index (κ1) is 26.3. The van der Waals surface area contributed by atoms with Gasteiger partial charge in [0.15, 0.2) is 0 Å². The Hall–Kier alpha value is -2.31. The third-order valence-electron chi connectivity index (χ3n) is 6.17. The predicted octanol–water partition coefficient (Wildman–Crippen LogP) is 6.40. The van der Waals surface area contributed by atoms with Crippen molar-refractivity contribution in [3.05, 3.63) is 60.4 Å². The van der Waals surface area contributed by atoms with Crippen LogP contribution in [0.3, 0.4) is 0 Å². The van der Waals surface area contributed by atoms with Gasteiger partial charge >= 0.3 is 0 Å². The average Bonchev–Trinajstić information content (AvgIpc) is 3.22. The summed E-state index contributed by atoms with van der Waals surface area (Å²) in [6.45, 7) is 10.5. The van der Waals surface area contributed by atoms with Crippen molar-refractivity contribution in [2.24, 2.45) is 0 Å². The first-order chi connectivity index (χ1) is 16.5. The van der Waals surface area contributed by atoms with Gasteiger partial charge in [-0.2, -0.15) is 0 Å². The molecule has 0 saturated carbocycles. The lowest BCUT2D eigenvalue weighted by atomic mass is 10.2. The number of aromatic nitrogens is 1. The number of rotatable bonds is 15. The summed E-state index contributed by atoms with van der Waals surface area (Å²) in [5.74, 6) is 0.711. The van der Waals surface area contributed by atoms with E-state index in [4.69, 9.17) is 4.74 Å². The fourth-order valence-corrected chi connectivity index (χ4v) is 6.00. The maximum Gasteiger partial charge on any atom is 0.208 e. The van der Waals surface area contributed by atoms with Crippen molar-refractivity contribution >= 4 is 15.4 Å². The predicted molar refractivity (Wildman–Crippen MR) is 140 cm³/mol. The third kappa shape index (κ3) is 6.63. The second-order valence-corrected chi connectivity index (χ2v) is 10.8. The molecule has 6 heteroatoms. The van der Waals surface area contributed by atoms with Gasteiger partial charge < -0.3 is 14.0 Å². The maximum atomic E-state index is 13.6. The molecule has 5 nitrogen and oxygen atoms in total. The molecule has 0 N–H and O–H groups in total. The van der Waals surface area contributed by atoms with Gasteiger partial charge in [-0.3, -0.25) is 0 Å². The molecule has 2 aromatic heterocycles. The molecule has 186 valence electrons. The fraction of sp³-hybridized carbons (Fsp3) is 0.500. The number of sulfone groups is 1. The summed E-state index contributed by atoms with van der Waals surface area (Å²) in [6, 6.07) is 12.6. The van der Waals surface area contributed by atoms with Crippen LogP contribution < -0.4 is 4.74 Å². The van der Waals surface area contributed by atoms with Crippen molar-refractivity contribution in [1.82, 2.24) is 9.30 Å². The van der Waals surface area contributed by atoms with E-state index in [1.165, 1.54) is 25.7 Å². The second-order valence-electron chi connectivity index (χ2n) is 8.95. The van der Waals surface area contributed by atoms with Crippen molar-refractivity contribution in [2.45, 2.75) is 75.5 Å². The Balaban J connectivity index is 1.65. The highest BCUT2D eigenvalue weighted by Crippen LogP contribution is 2.31. The van der Waals surface area contributed by atoms with E-state index in [-0.39, 0.29) is 0 Å². The molecule has 0 aliphatic rings. The van der Waals surface area contributed by atoms with Gasteiger partial charge in [0.25, 0.3) is 0 Å². The zero-order valence-electron chi connectivity index (χ0n) is 21.0. The lowest BCUT2D eigenvalue weighted by Gasteiger charge is -2.21. The fourth-order valence-electron chi connectivity index (χ4n) is 4.32. The van der Waals surface area contributed by atoms with Crippen LogP contribution in [0.4, 0.5) is 0 Å². The summed E-state index contributed by atoms with van der Waals surface area (Å²) in [6.07, 6.45) is 11.3. The molecule has 3 aromatic rings. The molecule has 0 saturated heterocycles. The normalized spacial score (nSPS) is 12.0. The maximum absolute atomic E-state index is 13.6. The van der Waals surface area contributed by atoms with Gasteiger partial charge in [-0.05, 0) is 80.7 Å². The van der Waals surface area contributed by atoms with E-state index >= 15 is 0 Å². The van der Waals surface area contributed by atoms with Gasteiger partial charge in [-0.15, -0.1) is 0 Å². The van der Waals surface area contributed by atoms with Crippen LogP contribution in [-0.4, -0.2) is 44.0 Å². The Labute approximate surface area is 205 Å². The number of benzene rings is 1. The molecule has 0 aliphatic heterocycles. The largest absolute Gasteiger partial charge is 0.494 e. The number of ether oxygens (including phenoxy) is 1. The van der Waals surface area contributed by atoms with Crippen molar-refractivity contribution in [2.75, 3.05) is 26.2 Å². The zero-order chi connectivity index (χ0) is 24.4. The van der Waals surface area contributed by atoms with Crippen LogP contribution in [0.1, 0.15) is 64.9 Å². The minimum absolute atomic E-state index is 0.305. The number of fused-ring (bicyclic) bond motifs is 1. The smallest absolute Gasteiger partial charge is 0.208 e. The summed E-state index contributed by atoms with van der Waals surface area (Å²) in [4.78, 5) is 3.25. The second kappa shape index (κ2) is 13.0. The molecule has 2 heterocycles. The molecule has 0 atom stereocenters. The number of pyridine rings is 1. The van der Waals surface area contributed by atoms with Gasteiger partial charge in [0.05, 0.1) is 17.0 Å². The van der Waals surface area contributed by atoms with E-state index in [1.807, 2.05) is 35.0 Å². The summed E-state index contributed by atoms with van der Waals surface area (Å²) in [5, 5.41) is 0. The van der Waals surface area contributed by atoms with Crippen LogP contribution in [-0.2, 0) is 16.3 Å². The molecule has 0 amide bonds. The lowest BCUT2D eigenvalue weighted by molar-refractivity contribution is 0.229. The molecule has 0 bridgehead atoms. The van der Waals surface area contributed by atoms with Gasteiger partial charge in [0.1, 0.15) is 10.6 Å². The van der Waals surface area contributed by atoms with Crippen molar-refractivity contribution in [3.8, 4) is 5.75 Å². The third-order valence-corrected chi connectivity index (χ3v) is 8.08. The highest BCUT2D eigenvalue weighted by molar-refractivity contribution is 7.91. The van der Waals surface area contributed by atoms with Crippen LogP contribution in [0.5, 0.6) is 5.75 Å². The first-order valence-corrected chi connectivity index (χ1v) is 14.3. The highest BCUT2D eigenvalue weighted by Gasteiger charge is 2.25. The molecule has 0 aliphatic carbocycles. The average molecular weight is 485 g/mol. The molecule has 0 spiro atoms. The molecule has 0 fully saturated rings. The standard InChI is InChI=1S/C28H40N2O3S/c1-4-7-18-29(19-8-5-2)20-11-22-33-25-14-16-26(17-15-25)34(31,32)28-24(12-6-3)23-30-21-10-9-13-27(28)30/h9-10,13-17,21,23H,4-8,11-12,18-20,22H2,1-3H3. The van der Waals surface area contributed by atoms with E-state index < -0.39 is 9.84 Å². The summed E-state index contributed by atoms with van der Waals surface area (Å²) >= 11 is 0.